The summed E-state index contributed by atoms with van der Waals surface area (Å²) in [6, 6.07) is 6.64. The Labute approximate surface area is 222 Å². The van der Waals surface area contributed by atoms with E-state index in [0.717, 1.165) is 29.7 Å². The molecule has 0 unspecified atom stereocenters. The van der Waals surface area contributed by atoms with Gasteiger partial charge in [0.1, 0.15) is 5.00 Å². The maximum atomic E-state index is 13.3. The molecule has 7 nitrogen and oxygen atoms in total. The van der Waals surface area contributed by atoms with Gasteiger partial charge in [0.05, 0.1) is 17.6 Å². The van der Waals surface area contributed by atoms with E-state index in [4.69, 9.17) is 17.0 Å². The van der Waals surface area contributed by atoms with Crippen molar-refractivity contribution in [3.05, 3.63) is 40.3 Å². The number of carbonyl (C=O) groups is 1. The predicted octanol–water partition coefficient (Wildman–Crippen LogP) is 5.46. The lowest BCUT2D eigenvalue weighted by Crippen LogP contribution is -2.59. The molecule has 4 aliphatic rings. The number of nitrogens with one attached hydrogen (secondary N) is 3. The van der Waals surface area contributed by atoms with Crippen LogP contribution in [0.25, 0.3) is 0 Å². The molecule has 0 saturated heterocycles. The molecule has 1 aromatic carbocycles. The fourth-order valence-corrected chi connectivity index (χ4v) is 9.83. The van der Waals surface area contributed by atoms with E-state index in [-0.39, 0.29) is 10.4 Å². The van der Waals surface area contributed by atoms with Gasteiger partial charge in [-0.1, -0.05) is 6.92 Å². The van der Waals surface area contributed by atoms with Crippen LogP contribution in [0.4, 0.5) is 10.7 Å². The van der Waals surface area contributed by atoms with Gasteiger partial charge >= 0.3 is 5.97 Å². The molecule has 4 fully saturated rings. The number of anilines is 2. The van der Waals surface area contributed by atoms with E-state index in [1.165, 1.54) is 37.7 Å². The summed E-state index contributed by atoms with van der Waals surface area (Å²) in [5.41, 5.74) is 1.83. The Hall–Kier alpha value is -2.01. The summed E-state index contributed by atoms with van der Waals surface area (Å²) >= 11 is 6.92. The molecule has 2 aromatic rings. The van der Waals surface area contributed by atoms with Gasteiger partial charge in [-0.05, 0) is 112 Å². The number of esters is 1. The molecule has 10 heteroatoms. The van der Waals surface area contributed by atoms with Crippen LogP contribution in [0.5, 0.6) is 0 Å². The van der Waals surface area contributed by atoms with Crippen LogP contribution in [0.2, 0.25) is 0 Å². The van der Waals surface area contributed by atoms with Crippen LogP contribution in [0, 0.1) is 24.7 Å². The van der Waals surface area contributed by atoms with Crippen LogP contribution in [0.1, 0.15) is 66.2 Å². The maximum absolute atomic E-state index is 13.3. The van der Waals surface area contributed by atoms with Gasteiger partial charge in [-0.15, -0.1) is 11.3 Å². The topological polar surface area (TPSA) is 96.5 Å². The van der Waals surface area contributed by atoms with E-state index in [1.54, 1.807) is 24.3 Å². The largest absolute Gasteiger partial charge is 0.465 e. The lowest BCUT2D eigenvalue weighted by molar-refractivity contribution is -0.00810. The van der Waals surface area contributed by atoms with Crippen LogP contribution in [-0.2, 0) is 21.2 Å². The number of sulfonamides is 1. The zero-order valence-electron chi connectivity index (χ0n) is 20.8. The maximum Gasteiger partial charge on any atom is 0.341 e. The third-order valence-corrected chi connectivity index (χ3v) is 10.9. The molecule has 4 bridgehead atoms. The van der Waals surface area contributed by atoms with Crippen LogP contribution >= 0.6 is 23.6 Å². The highest BCUT2D eigenvalue weighted by Crippen LogP contribution is 2.56. The molecule has 3 N–H and O–H groups in total. The smallest absolute Gasteiger partial charge is 0.341 e. The SMILES string of the molecule is CCc1c(C)sc(NC(=S)Nc2ccc(S(=O)(=O)NC34CC5CC(CC(C5)C3)C4)cc2)c1C(=O)OC. The fraction of sp³-hybridized carbons (Fsp3) is 0.538. The third kappa shape index (κ3) is 4.92. The van der Waals surface area contributed by atoms with E-state index in [0.29, 0.717) is 45.5 Å². The molecule has 0 amide bonds. The van der Waals surface area contributed by atoms with Gasteiger partial charge in [-0.3, -0.25) is 0 Å². The van der Waals surface area contributed by atoms with Gasteiger partial charge in [0.2, 0.25) is 10.0 Å². The highest BCUT2D eigenvalue weighted by Gasteiger charge is 2.52. The Morgan fingerprint density at radius 1 is 1.08 bits per heavy atom. The quantitative estimate of drug-likeness (QED) is 0.313. The monoisotopic (exact) mass is 547 g/mol. The number of aryl methyl sites for hydroxylation is 1. The molecule has 0 spiro atoms. The Kier molecular flexibility index (Phi) is 6.91. The van der Waals surface area contributed by atoms with E-state index < -0.39 is 16.0 Å². The summed E-state index contributed by atoms with van der Waals surface area (Å²) in [5, 5.41) is 7.14. The van der Waals surface area contributed by atoms with Crippen molar-refractivity contribution in [2.45, 2.75) is 69.2 Å². The third-order valence-electron chi connectivity index (χ3n) is 7.99. The van der Waals surface area contributed by atoms with Crippen LogP contribution in [0.3, 0.4) is 0 Å². The van der Waals surface area contributed by atoms with Gasteiger partial charge in [0.15, 0.2) is 5.11 Å². The number of ether oxygens (including phenoxy) is 1. The first-order chi connectivity index (χ1) is 17.1. The number of carbonyl (C=O) groups excluding carboxylic acids is 1. The van der Waals surface area contributed by atoms with Crippen molar-refractivity contribution in [2.24, 2.45) is 17.8 Å². The number of hydrogen-bond donors (Lipinski definition) is 3. The molecule has 36 heavy (non-hydrogen) atoms. The van der Waals surface area contributed by atoms with E-state index in [2.05, 4.69) is 15.4 Å². The average molecular weight is 548 g/mol. The standard InChI is InChI=1S/C26H33N3O4S3/c1-4-21-15(2)35-23(22(21)24(30)33-3)28-25(34)27-19-5-7-20(8-6-19)36(31,32)29-26-12-16-9-17(13-26)11-18(10-16)14-26/h5-8,16-18,29H,4,9-14H2,1-3H3,(H2,27,28,34). The lowest BCUT2D eigenvalue weighted by atomic mass is 9.53. The second kappa shape index (κ2) is 9.70. The van der Waals surface area contributed by atoms with Crippen molar-refractivity contribution in [3.63, 3.8) is 0 Å². The Balaban J connectivity index is 1.26. The highest BCUT2D eigenvalue weighted by molar-refractivity contribution is 7.89. The summed E-state index contributed by atoms with van der Waals surface area (Å²) in [6.45, 7) is 3.96. The van der Waals surface area contributed by atoms with Crippen molar-refractivity contribution >= 4 is 55.3 Å². The van der Waals surface area contributed by atoms with Gasteiger partial charge in [-0.2, -0.15) is 0 Å². The van der Waals surface area contributed by atoms with Crippen LogP contribution < -0.4 is 15.4 Å². The minimum Gasteiger partial charge on any atom is -0.465 e. The Morgan fingerprint density at radius 2 is 1.67 bits per heavy atom. The number of hydrogen-bond acceptors (Lipinski definition) is 6. The molecule has 0 radical (unpaired) electrons. The molecule has 4 saturated carbocycles. The lowest BCUT2D eigenvalue weighted by Gasteiger charge is -2.56. The molecule has 6 rings (SSSR count). The molecule has 0 aliphatic heterocycles. The summed E-state index contributed by atoms with van der Waals surface area (Å²) in [5.74, 6) is 1.60. The summed E-state index contributed by atoms with van der Waals surface area (Å²) in [7, 11) is -2.25. The molecule has 194 valence electrons. The number of benzene rings is 1. The van der Waals surface area contributed by atoms with Gasteiger partial charge < -0.3 is 15.4 Å². The normalized spacial score (nSPS) is 26.6. The first-order valence-corrected chi connectivity index (χ1v) is 15.2. The van der Waals surface area contributed by atoms with E-state index in [9.17, 15) is 13.2 Å². The number of thiophene rings is 1. The predicted molar refractivity (Wildman–Crippen MR) is 147 cm³/mol. The minimum atomic E-state index is -3.62. The van der Waals surface area contributed by atoms with Crippen molar-refractivity contribution in [2.75, 3.05) is 17.7 Å². The van der Waals surface area contributed by atoms with Gasteiger partial charge in [-0.25, -0.2) is 17.9 Å². The molecule has 4 aliphatic carbocycles. The van der Waals surface area contributed by atoms with E-state index >= 15 is 0 Å². The van der Waals surface area contributed by atoms with Crippen LogP contribution in [0.15, 0.2) is 29.2 Å². The Bertz CT molecular complexity index is 1250. The second-order valence-electron chi connectivity index (χ2n) is 10.6. The Morgan fingerprint density at radius 3 is 2.19 bits per heavy atom. The van der Waals surface area contributed by atoms with Crippen molar-refractivity contribution < 1.29 is 17.9 Å². The molecule has 1 aromatic heterocycles. The van der Waals surface area contributed by atoms with Crippen molar-refractivity contribution in [3.8, 4) is 0 Å². The first kappa shape index (κ1) is 25.6. The summed E-state index contributed by atoms with van der Waals surface area (Å²) in [6.07, 6.45) is 7.40. The summed E-state index contributed by atoms with van der Waals surface area (Å²) < 4.78 is 34.6. The zero-order chi connectivity index (χ0) is 25.7. The number of thiocarbonyl (C=S) groups is 1. The number of rotatable bonds is 7. The van der Waals surface area contributed by atoms with Crippen molar-refractivity contribution in [1.29, 1.82) is 0 Å². The van der Waals surface area contributed by atoms with Crippen LogP contribution in [-0.4, -0.2) is 32.1 Å². The second-order valence-corrected chi connectivity index (χ2v) is 13.9. The van der Waals surface area contributed by atoms with Gasteiger partial charge in [0, 0.05) is 16.1 Å². The molecule has 1 heterocycles. The number of methoxy groups -OCH3 is 1. The zero-order valence-corrected chi connectivity index (χ0v) is 23.3. The molecule has 0 atom stereocenters. The summed E-state index contributed by atoms with van der Waals surface area (Å²) in [4.78, 5) is 13.6. The fourth-order valence-electron chi connectivity index (χ4n) is 6.97. The van der Waals surface area contributed by atoms with Crippen molar-refractivity contribution in [1.82, 2.24) is 4.72 Å². The average Bonchev–Trinajstić information content (AvgIpc) is 3.11. The van der Waals surface area contributed by atoms with E-state index in [1.807, 2.05) is 13.8 Å². The first-order valence-electron chi connectivity index (χ1n) is 12.5. The minimum absolute atomic E-state index is 0.261. The highest BCUT2D eigenvalue weighted by atomic mass is 32.2. The molecular weight excluding hydrogens is 515 g/mol. The molecular formula is C26H33N3O4S3. The van der Waals surface area contributed by atoms with Gasteiger partial charge in [0.25, 0.3) is 0 Å².